The van der Waals surface area contributed by atoms with Gasteiger partial charge in [0.25, 0.3) is 0 Å². The highest BCUT2D eigenvalue weighted by atomic mass is 32.2. The van der Waals surface area contributed by atoms with Crippen LogP contribution in [0.25, 0.3) is 0 Å². The minimum Gasteiger partial charge on any atom is -0.395 e. The molecule has 96 valence electrons. The van der Waals surface area contributed by atoms with E-state index in [-0.39, 0.29) is 11.9 Å². The predicted octanol–water partition coefficient (Wildman–Crippen LogP) is 2.49. The molecular formula is C14H23NOS. The molecule has 0 bridgehead atoms. The number of aliphatic hydroxyl groups is 1. The summed E-state index contributed by atoms with van der Waals surface area (Å²) < 4.78 is 0. The van der Waals surface area contributed by atoms with Gasteiger partial charge in [-0.25, -0.2) is 0 Å². The molecule has 3 heteroatoms. The van der Waals surface area contributed by atoms with Gasteiger partial charge >= 0.3 is 0 Å². The third-order valence-electron chi connectivity index (χ3n) is 3.15. The number of benzene rings is 1. The molecular weight excluding hydrogens is 230 g/mol. The second-order valence-corrected chi connectivity index (χ2v) is 5.54. The van der Waals surface area contributed by atoms with Crippen molar-refractivity contribution in [1.82, 2.24) is 5.32 Å². The molecule has 0 saturated heterocycles. The van der Waals surface area contributed by atoms with E-state index >= 15 is 0 Å². The lowest BCUT2D eigenvalue weighted by Crippen LogP contribution is -2.39. The number of thioether (sulfide) groups is 1. The Morgan fingerprint density at radius 3 is 2.41 bits per heavy atom. The first kappa shape index (κ1) is 14.6. The maximum Gasteiger partial charge on any atom is 0.0564 e. The number of hydrogen-bond donors (Lipinski definition) is 2. The van der Waals surface area contributed by atoms with Gasteiger partial charge in [0.05, 0.1) is 6.61 Å². The highest BCUT2D eigenvalue weighted by molar-refractivity contribution is 7.99. The van der Waals surface area contributed by atoms with Crippen LogP contribution in [0.4, 0.5) is 0 Å². The van der Waals surface area contributed by atoms with Crippen molar-refractivity contribution in [3.8, 4) is 0 Å². The van der Waals surface area contributed by atoms with Crippen molar-refractivity contribution in [2.24, 2.45) is 0 Å². The summed E-state index contributed by atoms with van der Waals surface area (Å²) in [6, 6.07) is 10.9. The molecule has 0 aliphatic rings. The van der Waals surface area contributed by atoms with E-state index in [2.05, 4.69) is 43.4 Å². The average Bonchev–Trinajstić information content (AvgIpc) is 2.38. The van der Waals surface area contributed by atoms with Crippen LogP contribution in [0.1, 0.15) is 25.3 Å². The van der Waals surface area contributed by atoms with Gasteiger partial charge in [0.1, 0.15) is 0 Å². The molecule has 0 saturated carbocycles. The monoisotopic (exact) mass is 253 g/mol. The van der Waals surface area contributed by atoms with Crippen molar-refractivity contribution < 1.29 is 5.11 Å². The van der Waals surface area contributed by atoms with Gasteiger partial charge < -0.3 is 10.4 Å². The van der Waals surface area contributed by atoms with Crippen LogP contribution in [0.2, 0.25) is 0 Å². The fraction of sp³-hybridized carbons (Fsp3) is 0.571. The van der Waals surface area contributed by atoms with E-state index in [0.717, 1.165) is 6.54 Å². The highest BCUT2D eigenvalue weighted by Crippen LogP contribution is 2.15. The van der Waals surface area contributed by atoms with Gasteiger partial charge in [0.15, 0.2) is 0 Å². The second-order valence-electron chi connectivity index (χ2n) is 4.47. The molecule has 0 fully saturated rings. The number of aliphatic hydroxyl groups excluding tert-OH is 1. The summed E-state index contributed by atoms with van der Waals surface area (Å²) >= 11 is 1.71. The third-order valence-corrected chi connectivity index (χ3v) is 4.32. The van der Waals surface area contributed by atoms with Gasteiger partial charge in [-0.2, -0.15) is 11.8 Å². The number of hydrogen-bond acceptors (Lipinski definition) is 3. The number of rotatable bonds is 7. The molecule has 0 spiro atoms. The summed E-state index contributed by atoms with van der Waals surface area (Å²) in [4.78, 5) is 0. The molecule has 2 N–H and O–H groups in total. The van der Waals surface area contributed by atoms with Crippen molar-refractivity contribution in [2.75, 3.05) is 19.4 Å². The Morgan fingerprint density at radius 1 is 1.24 bits per heavy atom. The third kappa shape index (κ3) is 4.70. The Labute approximate surface area is 109 Å². The molecule has 0 heterocycles. The van der Waals surface area contributed by atoms with E-state index in [1.165, 1.54) is 5.56 Å². The van der Waals surface area contributed by atoms with Crippen molar-refractivity contribution in [3.05, 3.63) is 35.9 Å². The van der Waals surface area contributed by atoms with E-state index < -0.39 is 0 Å². The first-order chi connectivity index (χ1) is 8.19. The van der Waals surface area contributed by atoms with Crippen LogP contribution < -0.4 is 5.32 Å². The van der Waals surface area contributed by atoms with Gasteiger partial charge in [0.2, 0.25) is 0 Å². The molecule has 0 amide bonds. The molecule has 1 aromatic rings. The quantitative estimate of drug-likeness (QED) is 0.783. The van der Waals surface area contributed by atoms with Gasteiger partial charge in [0, 0.05) is 17.8 Å². The summed E-state index contributed by atoms with van der Waals surface area (Å²) in [5, 5.41) is 13.0. The molecule has 17 heavy (non-hydrogen) atoms. The molecule has 0 aliphatic heterocycles. The van der Waals surface area contributed by atoms with Crippen molar-refractivity contribution in [3.63, 3.8) is 0 Å². The Morgan fingerprint density at radius 2 is 1.88 bits per heavy atom. The normalized spacial score (nSPS) is 16.5. The van der Waals surface area contributed by atoms with Crippen LogP contribution in [0, 0.1) is 0 Å². The zero-order valence-corrected chi connectivity index (χ0v) is 11.7. The highest BCUT2D eigenvalue weighted by Gasteiger charge is 2.15. The fourth-order valence-electron chi connectivity index (χ4n) is 1.83. The lowest BCUT2D eigenvalue weighted by Gasteiger charge is -2.23. The zero-order valence-electron chi connectivity index (χ0n) is 10.9. The first-order valence-electron chi connectivity index (χ1n) is 6.11. The lowest BCUT2D eigenvalue weighted by atomic mass is 10.0. The number of nitrogens with one attached hydrogen (secondary N) is 1. The topological polar surface area (TPSA) is 32.3 Å². The minimum absolute atomic E-state index is 0.231. The molecule has 2 nitrogen and oxygen atoms in total. The Hall–Kier alpha value is -0.510. The van der Waals surface area contributed by atoms with Crippen LogP contribution in [0.5, 0.6) is 0 Å². The van der Waals surface area contributed by atoms with E-state index in [9.17, 15) is 5.11 Å². The largest absolute Gasteiger partial charge is 0.395 e. The van der Waals surface area contributed by atoms with Crippen molar-refractivity contribution in [1.29, 1.82) is 0 Å². The standard InChI is InChI=1S/C14H23NOS/c1-11(13-7-5-4-6-8-13)9-15-12(2)14(10-16)17-3/h4-8,11-12,14-16H,9-10H2,1-3H3/t11-,12-,14-/m1/s1. The van der Waals surface area contributed by atoms with Crippen LogP contribution in [0.15, 0.2) is 30.3 Å². The molecule has 0 radical (unpaired) electrons. The lowest BCUT2D eigenvalue weighted by molar-refractivity contribution is 0.275. The smallest absolute Gasteiger partial charge is 0.0564 e. The van der Waals surface area contributed by atoms with Gasteiger partial charge in [-0.3, -0.25) is 0 Å². The Kier molecular flexibility index (Phi) is 6.63. The van der Waals surface area contributed by atoms with E-state index in [0.29, 0.717) is 12.0 Å². The summed E-state index contributed by atoms with van der Waals surface area (Å²) in [6.07, 6.45) is 2.04. The minimum atomic E-state index is 0.231. The molecule has 1 rings (SSSR count). The van der Waals surface area contributed by atoms with Crippen LogP contribution in [-0.2, 0) is 0 Å². The maximum atomic E-state index is 9.22. The van der Waals surface area contributed by atoms with Crippen molar-refractivity contribution in [2.45, 2.75) is 31.1 Å². The van der Waals surface area contributed by atoms with E-state index in [1.54, 1.807) is 11.8 Å². The SMILES string of the molecule is CS[C@H](CO)[C@@H](C)NC[C@@H](C)c1ccccc1. The van der Waals surface area contributed by atoms with Crippen LogP contribution >= 0.6 is 11.8 Å². The van der Waals surface area contributed by atoms with Crippen LogP contribution in [0.3, 0.4) is 0 Å². The summed E-state index contributed by atoms with van der Waals surface area (Å²) in [6.45, 7) is 5.54. The molecule has 0 unspecified atom stereocenters. The summed E-state index contributed by atoms with van der Waals surface area (Å²) in [5.74, 6) is 0.500. The predicted molar refractivity (Wildman–Crippen MR) is 76.7 cm³/mol. The second kappa shape index (κ2) is 7.75. The van der Waals surface area contributed by atoms with Gasteiger partial charge in [-0.05, 0) is 24.7 Å². The van der Waals surface area contributed by atoms with E-state index in [4.69, 9.17) is 0 Å². The Bertz CT molecular complexity index is 300. The average molecular weight is 253 g/mol. The molecule has 1 aromatic carbocycles. The molecule has 3 atom stereocenters. The summed E-state index contributed by atoms with van der Waals surface area (Å²) in [5.41, 5.74) is 1.36. The Balaban J connectivity index is 2.40. The van der Waals surface area contributed by atoms with Crippen LogP contribution in [-0.4, -0.2) is 35.8 Å². The maximum absolute atomic E-state index is 9.22. The van der Waals surface area contributed by atoms with Crippen molar-refractivity contribution >= 4 is 11.8 Å². The first-order valence-corrected chi connectivity index (χ1v) is 7.39. The molecule has 0 aromatic heterocycles. The van der Waals surface area contributed by atoms with Gasteiger partial charge in [-0.1, -0.05) is 37.3 Å². The van der Waals surface area contributed by atoms with E-state index in [1.807, 2.05) is 12.3 Å². The zero-order chi connectivity index (χ0) is 12.7. The summed E-state index contributed by atoms with van der Waals surface area (Å²) in [7, 11) is 0. The fourth-order valence-corrected chi connectivity index (χ4v) is 2.48. The van der Waals surface area contributed by atoms with Gasteiger partial charge in [-0.15, -0.1) is 0 Å². The molecule has 0 aliphatic carbocycles.